The first-order valence-corrected chi connectivity index (χ1v) is 4.56. The minimum Gasteiger partial charge on any atom is -0.497 e. The summed E-state index contributed by atoms with van der Waals surface area (Å²) < 4.78 is 9.28. The van der Waals surface area contributed by atoms with Crippen molar-refractivity contribution in [2.24, 2.45) is 0 Å². The number of benzene rings is 1. The lowest BCUT2D eigenvalue weighted by molar-refractivity contribution is -0.123. The van der Waals surface area contributed by atoms with E-state index in [4.69, 9.17) is 4.74 Å². The number of hydrogen-bond acceptors (Lipinski definition) is 4. The highest BCUT2D eigenvalue weighted by Gasteiger charge is 2.10. The van der Waals surface area contributed by atoms with Gasteiger partial charge < -0.3 is 14.5 Å². The van der Waals surface area contributed by atoms with Crippen LogP contribution in [-0.4, -0.2) is 24.5 Å². The molecule has 0 bridgehead atoms. The number of esters is 1. The van der Waals surface area contributed by atoms with Gasteiger partial charge in [0.15, 0.2) is 0 Å². The molecule has 2 rings (SSSR count). The summed E-state index contributed by atoms with van der Waals surface area (Å²) in [5.41, 5.74) is 0.979. The number of nitrogens with one attached hydrogen (secondary N) is 1. The number of carbonyl (C=O) groups is 2. The van der Waals surface area contributed by atoms with E-state index >= 15 is 0 Å². The van der Waals surface area contributed by atoms with Crippen LogP contribution in [0.5, 0.6) is 5.75 Å². The third kappa shape index (κ3) is 1.75. The molecule has 0 radical (unpaired) electrons. The van der Waals surface area contributed by atoms with Crippen LogP contribution in [0, 0.1) is 0 Å². The van der Waals surface area contributed by atoms with Gasteiger partial charge in [0.25, 0.3) is 0 Å². The van der Waals surface area contributed by atoms with Gasteiger partial charge in [-0.05, 0) is 18.2 Å². The Morgan fingerprint density at radius 1 is 1.38 bits per heavy atom. The first kappa shape index (κ1) is 10.2. The van der Waals surface area contributed by atoms with Gasteiger partial charge in [-0.15, -0.1) is 0 Å². The fourth-order valence-electron chi connectivity index (χ4n) is 1.45. The maximum absolute atomic E-state index is 11.3. The zero-order valence-corrected chi connectivity index (χ0v) is 8.52. The molecule has 1 aromatic carbocycles. The van der Waals surface area contributed by atoms with Crippen molar-refractivity contribution in [2.45, 2.75) is 0 Å². The van der Waals surface area contributed by atoms with E-state index in [2.05, 4.69) is 9.72 Å². The Balaban J connectivity index is 2.43. The lowest BCUT2D eigenvalue weighted by atomic mass is 10.2. The molecule has 2 aromatic rings. The molecule has 1 heterocycles. The number of rotatable bonds is 3. The third-order valence-corrected chi connectivity index (χ3v) is 2.20. The second-order valence-corrected chi connectivity index (χ2v) is 3.14. The molecule has 0 aliphatic heterocycles. The van der Waals surface area contributed by atoms with Gasteiger partial charge in [0.05, 0.1) is 7.11 Å². The van der Waals surface area contributed by atoms with Crippen molar-refractivity contribution >= 4 is 23.3 Å². The van der Waals surface area contributed by atoms with E-state index in [1.807, 2.05) is 6.07 Å². The summed E-state index contributed by atoms with van der Waals surface area (Å²) in [4.78, 5) is 24.1. The first-order chi connectivity index (χ1) is 7.74. The smallest absolute Gasteiger partial charge is 0.362 e. The van der Waals surface area contributed by atoms with Gasteiger partial charge in [-0.3, -0.25) is 4.79 Å². The van der Waals surface area contributed by atoms with Crippen molar-refractivity contribution in [1.29, 1.82) is 0 Å². The molecule has 1 aromatic heterocycles. The molecular formula is C11H9NO4. The second kappa shape index (κ2) is 4.06. The molecule has 0 atom stereocenters. The van der Waals surface area contributed by atoms with Crippen molar-refractivity contribution < 1.29 is 19.1 Å². The molecule has 82 valence electrons. The van der Waals surface area contributed by atoms with E-state index in [1.165, 1.54) is 0 Å². The summed E-state index contributed by atoms with van der Waals surface area (Å²) in [6, 6.07) is 6.96. The first-order valence-electron chi connectivity index (χ1n) is 4.56. The Labute approximate surface area is 91.0 Å². The molecule has 0 aliphatic rings. The van der Waals surface area contributed by atoms with Crippen LogP contribution in [0.25, 0.3) is 10.9 Å². The molecular weight excluding hydrogens is 210 g/mol. The van der Waals surface area contributed by atoms with Gasteiger partial charge >= 0.3 is 12.4 Å². The summed E-state index contributed by atoms with van der Waals surface area (Å²) in [6.07, 6.45) is 0. The van der Waals surface area contributed by atoms with E-state index in [1.54, 1.807) is 25.3 Å². The van der Waals surface area contributed by atoms with Crippen LogP contribution in [0.4, 0.5) is 0 Å². The van der Waals surface area contributed by atoms with Crippen molar-refractivity contribution in [3.8, 4) is 5.75 Å². The van der Waals surface area contributed by atoms with E-state index in [9.17, 15) is 9.59 Å². The molecule has 0 saturated carbocycles. The molecule has 16 heavy (non-hydrogen) atoms. The Bertz CT molecular complexity index is 544. The fourth-order valence-corrected chi connectivity index (χ4v) is 1.45. The average molecular weight is 219 g/mol. The van der Waals surface area contributed by atoms with E-state index in [0.717, 1.165) is 10.9 Å². The number of aromatic nitrogens is 1. The Hall–Kier alpha value is -2.30. The number of aromatic amines is 1. The van der Waals surface area contributed by atoms with E-state index in [-0.39, 0.29) is 12.2 Å². The van der Waals surface area contributed by atoms with Crippen molar-refractivity contribution in [3.05, 3.63) is 30.0 Å². The molecule has 5 nitrogen and oxygen atoms in total. The topological polar surface area (TPSA) is 68.4 Å². The Morgan fingerprint density at radius 2 is 2.19 bits per heavy atom. The normalized spacial score (nSPS) is 10.1. The zero-order chi connectivity index (χ0) is 11.5. The van der Waals surface area contributed by atoms with Crippen LogP contribution in [0.1, 0.15) is 10.5 Å². The van der Waals surface area contributed by atoms with Gasteiger partial charge in [-0.1, -0.05) is 0 Å². The van der Waals surface area contributed by atoms with Crippen LogP contribution in [0.2, 0.25) is 0 Å². The van der Waals surface area contributed by atoms with Crippen LogP contribution in [0.15, 0.2) is 24.3 Å². The molecule has 0 fully saturated rings. The lowest BCUT2D eigenvalue weighted by Gasteiger charge is -1.97. The summed E-state index contributed by atoms with van der Waals surface area (Å²) in [7, 11) is 1.56. The number of carbonyl (C=O) groups excluding carboxylic acids is 2. The highest BCUT2D eigenvalue weighted by atomic mass is 16.6. The van der Waals surface area contributed by atoms with Gasteiger partial charge in [0.1, 0.15) is 11.4 Å². The molecule has 0 saturated heterocycles. The molecule has 0 aliphatic carbocycles. The van der Waals surface area contributed by atoms with Gasteiger partial charge in [0.2, 0.25) is 0 Å². The zero-order valence-electron chi connectivity index (χ0n) is 8.52. The molecule has 0 unspecified atom stereocenters. The minimum absolute atomic E-state index is 0.106. The second-order valence-electron chi connectivity index (χ2n) is 3.14. The number of ether oxygens (including phenoxy) is 2. The van der Waals surface area contributed by atoms with Crippen molar-refractivity contribution in [2.75, 3.05) is 7.11 Å². The monoisotopic (exact) mass is 219 g/mol. The maximum Gasteiger partial charge on any atom is 0.362 e. The molecule has 1 N–H and O–H groups in total. The van der Waals surface area contributed by atoms with Crippen LogP contribution in [0.3, 0.4) is 0 Å². The summed E-state index contributed by atoms with van der Waals surface area (Å²) in [5.74, 6) is -0.0187. The lowest BCUT2D eigenvalue weighted by Crippen LogP contribution is -2.03. The predicted octanol–water partition coefficient (Wildman–Crippen LogP) is 1.49. The van der Waals surface area contributed by atoms with Gasteiger partial charge in [0, 0.05) is 17.0 Å². The van der Waals surface area contributed by atoms with Gasteiger partial charge in [-0.2, -0.15) is 0 Å². The highest BCUT2D eigenvalue weighted by molar-refractivity contribution is 5.97. The number of methoxy groups -OCH3 is 1. The maximum atomic E-state index is 11.3. The fraction of sp³-hybridized carbons (Fsp3) is 0.0909. The van der Waals surface area contributed by atoms with Crippen molar-refractivity contribution in [1.82, 2.24) is 4.98 Å². The molecule has 0 spiro atoms. The number of fused-ring (bicyclic) bond motifs is 1. The summed E-state index contributed by atoms with van der Waals surface area (Å²) in [6.45, 7) is 0.106. The summed E-state index contributed by atoms with van der Waals surface area (Å²) in [5, 5.41) is 0.846. The standard InChI is InChI=1S/C11H9NO4/c1-15-8-3-2-7-4-10(11(14)16-6-13)12-9(7)5-8/h2-6,12H,1H3. The number of hydrogen-bond donors (Lipinski definition) is 1. The third-order valence-electron chi connectivity index (χ3n) is 2.20. The molecule has 5 heteroatoms. The largest absolute Gasteiger partial charge is 0.497 e. The van der Waals surface area contributed by atoms with Crippen LogP contribution in [-0.2, 0) is 9.53 Å². The average Bonchev–Trinajstić information content (AvgIpc) is 2.71. The highest BCUT2D eigenvalue weighted by Crippen LogP contribution is 2.21. The minimum atomic E-state index is -0.704. The van der Waals surface area contributed by atoms with Crippen molar-refractivity contribution in [3.63, 3.8) is 0 Å². The van der Waals surface area contributed by atoms with Crippen LogP contribution < -0.4 is 4.74 Å². The molecule has 0 amide bonds. The van der Waals surface area contributed by atoms with E-state index in [0.29, 0.717) is 5.75 Å². The Morgan fingerprint density at radius 3 is 2.88 bits per heavy atom. The SMILES string of the molecule is COc1ccc2cc(C(=O)OC=O)[nH]c2c1. The number of H-pyrrole nitrogens is 1. The summed E-state index contributed by atoms with van der Waals surface area (Å²) >= 11 is 0. The quantitative estimate of drug-likeness (QED) is 0.482. The van der Waals surface area contributed by atoms with E-state index < -0.39 is 5.97 Å². The van der Waals surface area contributed by atoms with Crippen LogP contribution >= 0.6 is 0 Å². The predicted molar refractivity (Wildman–Crippen MR) is 56.3 cm³/mol. The Kier molecular flexibility index (Phi) is 2.59. The van der Waals surface area contributed by atoms with Gasteiger partial charge in [-0.25, -0.2) is 4.79 Å².